The van der Waals surface area contributed by atoms with Gasteiger partial charge >= 0.3 is 5.97 Å². The predicted octanol–water partition coefficient (Wildman–Crippen LogP) is 3.88. The van der Waals surface area contributed by atoms with Crippen molar-refractivity contribution in [2.75, 3.05) is 13.7 Å². The van der Waals surface area contributed by atoms with E-state index in [1.54, 1.807) is 51.3 Å². The maximum Gasteiger partial charge on any atom is 0.338 e. The van der Waals surface area contributed by atoms with Gasteiger partial charge in [-0.25, -0.2) is 9.79 Å². The molecule has 0 spiro atoms. The van der Waals surface area contributed by atoms with E-state index in [2.05, 4.69) is 20.9 Å². The first-order valence-electron chi connectivity index (χ1n) is 10.3. The Morgan fingerprint density at radius 1 is 1.32 bits per heavy atom. The van der Waals surface area contributed by atoms with Gasteiger partial charge in [-0.2, -0.15) is 0 Å². The highest BCUT2D eigenvalue weighted by atomic mass is 127. The lowest BCUT2D eigenvalue weighted by atomic mass is 9.96. The van der Waals surface area contributed by atoms with Crippen molar-refractivity contribution in [2.45, 2.75) is 19.9 Å². The van der Waals surface area contributed by atoms with E-state index in [0.29, 0.717) is 35.5 Å². The third-order valence-electron chi connectivity index (χ3n) is 5.29. The number of halogens is 2. The van der Waals surface area contributed by atoms with Gasteiger partial charge in [0, 0.05) is 10.0 Å². The molecular weight excluding hydrogens is 635 g/mol. The maximum absolute atomic E-state index is 13.6. The molecule has 10 heteroatoms. The van der Waals surface area contributed by atoms with Crippen LogP contribution in [0.5, 0.6) is 11.5 Å². The fourth-order valence-corrected chi connectivity index (χ4v) is 6.32. The van der Waals surface area contributed by atoms with E-state index in [4.69, 9.17) is 9.47 Å². The van der Waals surface area contributed by atoms with Crippen molar-refractivity contribution >= 4 is 61.9 Å². The normalized spacial score (nSPS) is 15.7. The second-order valence-electron chi connectivity index (χ2n) is 7.40. The van der Waals surface area contributed by atoms with E-state index in [-0.39, 0.29) is 17.9 Å². The Hall–Kier alpha value is -2.44. The zero-order valence-electron chi connectivity index (χ0n) is 18.5. The van der Waals surface area contributed by atoms with Crippen LogP contribution in [0.3, 0.4) is 0 Å². The Labute approximate surface area is 221 Å². The van der Waals surface area contributed by atoms with E-state index in [0.717, 1.165) is 10.0 Å². The first-order valence-corrected chi connectivity index (χ1v) is 13.0. The van der Waals surface area contributed by atoms with Crippen molar-refractivity contribution < 1.29 is 19.4 Å². The van der Waals surface area contributed by atoms with Crippen LogP contribution in [-0.2, 0) is 9.53 Å². The standard InChI is InChI=1S/C24H20BrIN2O5S/c1-4-33-23(31)19-12(2)27-24-28(20(19)13-5-7-16(32-3)8-6-13)22(30)18(34-24)10-14-9-15(25)11-17(26)21(14)29/h5-11,20,29H,4H2,1-3H3/b18-10+/t20-/m1/s1. The highest BCUT2D eigenvalue weighted by Gasteiger charge is 2.33. The van der Waals surface area contributed by atoms with Gasteiger partial charge in [-0.1, -0.05) is 39.4 Å². The first-order chi connectivity index (χ1) is 16.2. The number of methoxy groups -OCH3 is 1. The number of aromatic nitrogens is 1. The molecule has 1 aliphatic heterocycles. The SMILES string of the molecule is CCOC(=O)C1=C(C)N=c2s/c(=C/c3cc(Br)cc(I)c3O)c(=O)n2[C@@H]1c1ccc(OC)cc1. The molecule has 2 aromatic carbocycles. The predicted molar refractivity (Wildman–Crippen MR) is 142 cm³/mol. The minimum absolute atomic E-state index is 0.0877. The summed E-state index contributed by atoms with van der Waals surface area (Å²) in [4.78, 5) is 31.6. The zero-order chi connectivity index (χ0) is 24.6. The molecule has 4 rings (SSSR count). The summed E-state index contributed by atoms with van der Waals surface area (Å²) in [6.07, 6.45) is 1.64. The van der Waals surface area contributed by atoms with Gasteiger partial charge in [0.05, 0.1) is 39.1 Å². The van der Waals surface area contributed by atoms with Crippen LogP contribution in [0.25, 0.3) is 6.08 Å². The zero-order valence-corrected chi connectivity index (χ0v) is 23.0. The molecule has 0 saturated carbocycles. The molecule has 34 heavy (non-hydrogen) atoms. The second kappa shape index (κ2) is 10.0. The highest BCUT2D eigenvalue weighted by Crippen LogP contribution is 2.32. The van der Waals surface area contributed by atoms with E-state index in [1.165, 1.54) is 15.9 Å². The fraction of sp³-hybridized carbons (Fsp3) is 0.208. The van der Waals surface area contributed by atoms with Crippen LogP contribution < -0.4 is 19.6 Å². The van der Waals surface area contributed by atoms with Crippen molar-refractivity contribution in [3.05, 3.63) is 86.5 Å². The van der Waals surface area contributed by atoms with Gasteiger partial charge in [-0.15, -0.1) is 0 Å². The molecule has 1 atom stereocenters. The lowest BCUT2D eigenvalue weighted by Crippen LogP contribution is -2.39. The lowest BCUT2D eigenvalue weighted by molar-refractivity contribution is -0.139. The summed E-state index contributed by atoms with van der Waals surface area (Å²) in [6.45, 7) is 3.68. The van der Waals surface area contributed by atoms with Gasteiger partial charge in [0.1, 0.15) is 11.5 Å². The van der Waals surface area contributed by atoms with Crippen LogP contribution in [0.15, 0.2) is 61.9 Å². The number of carbonyl (C=O) groups is 1. The monoisotopic (exact) mass is 654 g/mol. The molecule has 7 nitrogen and oxygen atoms in total. The number of rotatable bonds is 5. The van der Waals surface area contributed by atoms with Crippen LogP contribution in [0.4, 0.5) is 0 Å². The molecule has 0 saturated heterocycles. The molecule has 176 valence electrons. The smallest absolute Gasteiger partial charge is 0.338 e. The number of ether oxygens (including phenoxy) is 2. The third-order valence-corrected chi connectivity index (χ3v) is 7.56. The molecule has 1 aromatic heterocycles. The lowest BCUT2D eigenvalue weighted by Gasteiger charge is -2.24. The number of thiazole rings is 1. The van der Waals surface area contributed by atoms with Crippen molar-refractivity contribution in [1.29, 1.82) is 0 Å². The van der Waals surface area contributed by atoms with E-state index >= 15 is 0 Å². The Balaban J connectivity index is 1.97. The average Bonchev–Trinajstić information content (AvgIpc) is 3.10. The third kappa shape index (κ3) is 4.58. The summed E-state index contributed by atoms with van der Waals surface area (Å²) in [6, 6.07) is 10.0. The molecule has 0 radical (unpaired) electrons. The summed E-state index contributed by atoms with van der Waals surface area (Å²) in [5.41, 5.74) is 1.73. The van der Waals surface area contributed by atoms with Crippen LogP contribution >= 0.6 is 49.9 Å². The van der Waals surface area contributed by atoms with E-state index < -0.39 is 12.0 Å². The molecule has 1 aliphatic rings. The Bertz CT molecular complexity index is 1490. The molecule has 0 fully saturated rings. The van der Waals surface area contributed by atoms with Gasteiger partial charge < -0.3 is 14.6 Å². The van der Waals surface area contributed by atoms with Crippen LogP contribution in [0.2, 0.25) is 0 Å². The number of fused-ring (bicyclic) bond motifs is 1. The van der Waals surface area contributed by atoms with Crippen molar-refractivity contribution in [3.63, 3.8) is 0 Å². The fourth-order valence-electron chi connectivity index (χ4n) is 3.73. The van der Waals surface area contributed by atoms with Crippen LogP contribution in [0, 0.1) is 3.57 Å². The number of esters is 1. The molecule has 0 unspecified atom stereocenters. The number of allylic oxidation sites excluding steroid dienone is 1. The summed E-state index contributed by atoms with van der Waals surface area (Å²) < 4.78 is 13.9. The molecule has 0 bridgehead atoms. The Kier molecular flexibility index (Phi) is 7.29. The quantitative estimate of drug-likeness (QED) is 0.333. The van der Waals surface area contributed by atoms with Gasteiger partial charge in [0.2, 0.25) is 0 Å². The number of hydrogen-bond donors (Lipinski definition) is 1. The number of phenolic OH excluding ortho intramolecular Hbond substituents is 1. The number of aromatic hydroxyl groups is 1. The number of benzene rings is 2. The minimum Gasteiger partial charge on any atom is -0.506 e. The largest absolute Gasteiger partial charge is 0.506 e. The molecule has 1 N–H and O–H groups in total. The van der Waals surface area contributed by atoms with Crippen molar-refractivity contribution in [3.8, 4) is 11.5 Å². The van der Waals surface area contributed by atoms with Crippen molar-refractivity contribution in [2.24, 2.45) is 4.99 Å². The van der Waals surface area contributed by atoms with E-state index in [9.17, 15) is 14.7 Å². The summed E-state index contributed by atoms with van der Waals surface area (Å²) in [7, 11) is 1.57. The van der Waals surface area contributed by atoms with Gasteiger partial charge in [0.25, 0.3) is 5.56 Å². The number of hydrogen-bond acceptors (Lipinski definition) is 7. The van der Waals surface area contributed by atoms with Gasteiger partial charge in [-0.05, 0) is 72.3 Å². The van der Waals surface area contributed by atoms with Crippen LogP contribution in [-0.4, -0.2) is 29.4 Å². The van der Waals surface area contributed by atoms with Gasteiger partial charge in [0.15, 0.2) is 4.80 Å². The van der Waals surface area contributed by atoms with E-state index in [1.807, 2.05) is 34.7 Å². The van der Waals surface area contributed by atoms with Crippen molar-refractivity contribution in [1.82, 2.24) is 4.57 Å². The first kappa shape index (κ1) is 24.7. The topological polar surface area (TPSA) is 90.1 Å². The molecular formula is C24H20BrIN2O5S. The average molecular weight is 655 g/mol. The number of carbonyl (C=O) groups excluding carboxylic acids is 1. The summed E-state index contributed by atoms with van der Waals surface area (Å²) in [5.74, 6) is 0.233. The van der Waals surface area contributed by atoms with Crippen LogP contribution in [0.1, 0.15) is 31.0 Å². The number of phenols is 1. The Morgan fingerprint density at radius 3 is 2.68 bits per heavy atom. The number of nitrogens with zero attached hydrogens (tertiary/aromatic N) is 2. The molecule has 0 amide bonds. The molecule has 3 aromatic rings. The summed E-state index contributed by atoms with van der Waals surface area (Å²) >= 11 is 6.67. The highest BCUT2D eigenvalue weighted by molar-refractivity contribution is 14.1. The Morgan fingerprint density at radius 2 is 2.03 bits per heavy atom. The minimum atomic E-state index is -0.709. The summed E-state index contributed by atoms with van der Waals surface area (Å²) in [5, 5.41) is 10.5. The van der Waals surface area contributed by atoms with Gasteiger partial charge in [-0.3, -0.25) is 9.36 Å². The second-order valence-corrected chi connectivity index (χ2v) is 10.5. The maximum atomic E-state index is 13.6. The molecule has 0 aliphatic carbocycles. The molecule has 2 heterocycles.